The molecule has 0 aliphatic carbocycles. The van der Waals surface area contributed by atoms with Crippen LogP contribution in [0.15, 0.2) is 11.3 Å². The molecule has 1 aromatic heterocycles. The highest BCUT2D eigenvalue weighted by Crippen LogP contribution is 2.23. The number of ether oxygens (including phenoxy) is 2. The summed E-state index contributed by atoms with van der Waals surface area (Å²) in [5, 5.41) is 11.1. The van der Waals surface area contributed by atoms with Gasteiger partial charge in [-0.2, -0.15) is 5.10 Å². The summed E-state index contributed by atoms with van der Waals surface area (Å²) in [6.45, 7) is 3.05. The van der Waals surface area contributed by atoms with Gasteiger partial charge in [0.25, 0.3) is 0 Å². The van der Waals surface area contributed by atoms with Crippen molar-refractivity contribution in [2.45, 2.75) is 43.9 Å². The number of aryl methyl sites for hydroxylation is 1. The van der Waals surface area contributed by atoms with Crippen LogP contribution in [-0.2, 0) is 22.4 Å². The first-order chi connectivity index (χ1) is 11.2. The monoisotopic (exact) mass is 450 g/mol. The number of nitrogens with zero attached hydrogens (tertiary/aromatic N) is 4. The first kappa shape index (κ1) is 19.4. The molecule has 2 aliphatic heterocycles. The number of nitrogens with one attached hydrogen (secondary N) is 2. The Morgan fingerprint density at radius 2 is 2.29 bits per heavy atom. The van der Waals surface area contributed by atoms with Gasteiger partial charge in [0.15, 0.2) is 5.96 Å². The predicted molar refractivity (Wildman–Crippen MR) is 102 cm³/mol. The summed E-state index contributed by atoms with van der Waals surface area (Å²) in [5.74, 6) is 1.87. The van der Waals surface area contributed by atoms with Crippen LogP contribution in [0.5, 0.6) is 0 Å². The number of aromatic nitrogens is 3. The molecule has 0 bridgehead atoms. The van der Waals surface area contributed by atoms with E-state index in [1.807, 2.05) is 4.68 Å². The molecule has 0 radical (unpaired) electrons. The summed E-state index contributed by atoms with van der Waals surface area (Å²) in [7, 11) is 3.57. The van der Waals surface area contributed by atoms with Crippen LogP contribution < -0.4 is 10.6 Å². The standard InChI is InChI=1S/C15H26N6O2.HI/c1-16-14(17-10-15(22-2)5-7-23-8-6-15)20-12-3-4-13-18-11-19-21(13)9-12;/h11-12H,3-10H2,1-2H3,(H2,16,17,20);1H. The molecule has 1 fully saturated rings. The van der Waals surface area contributed by atoms with Gasteiger partial charge in [-0.1, -0.05) is 0 Å². The summed E-state index contributed by atoms with van der Waals surface area (Å²) in [5.41, 5.74) is -0.165. The molecule has 1 saturated heterocycles. The molecule has 1 aromatic rings. The Bertz CT molecular complexity index is 544. The zero-order valence-corrected chi connectivity index (χ0v) is 16.7. The number of fused-ring (bicyclic) bond motifs is 1. The molecule has 2 N–H and O–H groups in total. The van der Waals surface area contributed by atoms with Gasteiger partial charge in [0.1, 0.15) is 12.2 Å². The second kappa shape index (κ2) is 8.95. The average molecular weight is 450 g/mol. The van der Waals surface area contributed by atoms with Crippen LogP contribution in [0.2, 0.25) is 0 Å². The molecule has 0 aromatic carbocycles. The summed E-state index contributed by atoms with van der Waals surface area (Å²) in [6.07, 6.45) is 5.40. The minimum atomic E-state index is -0.165. The largest absolute Gasteiger partial charge is 0.381 e. The molecule has 3 heterocycles. The Labute approximate surface area is 159 Å². The van der Waals surface area contributed by atoms with Crippen LogP contribution in [-0.4, -0.2) is 66.3 Å². The van der Waals surface area contributed by atoms with E-state index in [2.05, 4.69) is 25.7 Å². The molecular formula is C15H27IN6O2. The van der Waals surface area contributed by atoms with Crippen LogP contribution in [0.25, 0.3) is 0 Å². The lowest BCUT2D eigenvalue weighted by Crippen LogP contribution is -2.53. The van der Waals surface area contributed by atoms with Gasteiger partial charge in [-0.3, -0.25) is 4.99 Å². The predicted octanol–water partition coefficient (Wildman–Crippen LogP) is 0.571. The molecule has 136 valence electrons. The summed E-state index contributed by atoms with van der Waals surface area (Å²) >= 11 is 0. The Hall–Kier alpha value is -0.940. The lowest BCUT2D eigenvalue weighted by molar-refractivity contribution is -0.0855. The number of guanidine groups is 1. The molecule has 3 rings (SSSR count). The van der Waals surface area contributed by atoms with Crippen molar-refractivity contribution in [1.82, 2.24) is 25.4 Å². The summed E-state index contributed by atoms with van der Waals surface area (Å²) in [6, 6.07) is 0.309. The molecular weight excluding hydrogens is 423 g/mol. The van der Waals surface area contributed by atoms with Crippen molar-refractivity contribution in [3.05, 3.63) is 12.2 Å². The molecule has 1 unspecified atom stereocenters. The van der Waals surface area contributed by atoms with Gasteiger partial charge in [-0.25, -0.2) is 9.67 Å². The number of aliphatic imine (C=N–C) groups is 1. The minimum Gasteiger partial charge on any atom is -0.381 e. The van der Waals surface area contributed by atoms with E-state index in [0.717, 1.165) is 63.8 Å². The zero-order valence-electron chi connectivity index (χ0n) is 14.3. The molecule has 9 heteroatoms. The van der Waals surface area contributed by atoms with Crippen molar-refractivity contribution in [3.63, 3.8) is 0 Å². The second-order valence-corrected chi connectivity index (χ2v) is 6.16. The number of rotatable bonds is 4. The summed E-state index contributed by atoms with van der Waals surface area (Å²) < 4.78 is 13.2. The van der Waals surface area contributed by atoms with Gasteiger partial charge in [0.05, 0.1) is 12.1 Å². The van der Waals surface area contributed by atoms with Crippen molar-refractivity contribution < 1.29 is 9.47 Å². The SMILES string of the molecule is CN=C(NCC1(OC)CCOCC1)NC1CCc2ncnn2C1.I. The van der Waals surface area contributed by atoms with E-state index in [0.29, 0.717) is 6.04 Å². The Morgan fingerprint density at radius 1 is 1.50 bits per heavy atom. The highest BCUT2D eigenvalue weighted by Gasteiger charge is 2.32. The summed E-state index contributed by atoms with van der Waals surface area (Å²) in [4.78, 5) is 8.60. The molecule has 24 heavy (non-hydrogen) atoms. The van der Waals surface area contributed by atoms with Crippen LogP contribution in [0.1, 0.15) is 25.1 Å². The molecule has 1 atom stereocenters. The van der Waals surface area contributed by atoms with E-state index >= 15 is 0 Å². The number of methoxy groups -OCH3 is 1. The molecule has 8 nitrogen and oxygen atoms in total. The van der Waals surface area contributed by atoms with E-state index in [4.69, 9.17) is 9.47 Å². The van der Waals surface area contributed by atoms with Gasteiger partial charge in [0, 0.05) is 59.2 Å². The maximum Gasteiger partial charge on any atom is 0.191 e. The third kappa shape index (κ3) is 4.57. The van der Waals surface area contributed by atoms with Crippen molar-refractivity contribution in [2.24, 2.45) is 4.99 Å². The number of halogens is 1. The first-order valence-electron chi connectivity index (χ1n) is 8.21. The first-order valence-corrected chi connectivity index (χ1v) is 8.21. The fourth-order valence-corrected chi connectivity index (χ4v) is 3.18. The van der Waals surface area contributed by atoms with E-state index in [1.165, 1.54) is 0 Å². The maximum atomic E-state index is 5.75. The fraction of sp³-hybridized carbons (Fsp3) is 0.800. The smallest absolute Gasteiger partial charge is 0.191 e. The van der Waals surface area contributed by atoms with Gasteiger partial charge in [-0.05, 0) is 6.42 Å². The zero-order chi connectivity index (χ0) is 16.1. The highest BCUT2D eigenvalue weighted by atomic mass is 127. The van der Waals surface area contributed by atoms with Gasteiger partial charge < -0.3 is 20.1 Å². The van der Waals surface area contributed by atoms with E-state index in [-0.39, 0.29) is 29.6 Å². The van der Waals surface area contributed by atoms with E-state index in [1.54, 1.807) is 20.5 Å². The maximum absolute atomic E-state index is 5.75. The van der Waals surface area contributed by atoms with Gasteiger partial charge in [0.2, 0.25) is 0 Å². The highest BCUT2D eigenvalue weighted by molar-refractivity contribution is 14.0. The Morgan fingerprint density at radius 3 is 3.00 bits per heavy atom. The van der Waals surface area contributed by atoms with E-state index in [9.17, 15) is 0 Å². The average Bonchev–Trinajstić information content (AvgIpc) is 3.07. The van der Waals surface area contributed by atoms with Gasteiger partial charge >= 0.3 is 0 Å². The van der Waals surface area contributed by atoms with Crippen molar-refractivity contribution in [1.29, 1.82) is 0 Å². The quantitative estimate of drug-likeness (QED) is 0.397. The topological polar surface area (TPSA) is 85.6 Å². The third-order valence-electron chi connectivity index (χ3n) is 4.78. The van der Waals surface area contributed by atoms with Crippen LogP contribution in [0.3, 0.4) is 0 Å². The second-order valence-electron chi connectivity index (χ2n) is 6.16. The molecule has 0 saturated carbocycles. The lowest BCUT2D eigenvalue weighted by atomic mass is 9.94. The Balaban J connectivity index is 0.00000208. The van der Waals surface area contributed by atoms with Gasteiger partial charge in [-0.15, -0.1) is 24.0 Å². The van der Waals surface area contributed by atoms with Crippen molar-refractivity contribution >= 4 is 29.9 Å². The number of hydrogen-bond donors (Lipinski definition) is 2. The van der Waals surface area contributed by atoms with Crippen molar-refractivity contribution in [3.8, 4) is 0 Å². The normalized spacial score (nSPS) is 23.1. The molecule has 0 spiro atoms. The van der Waals surface area contributed by atoms with Crippen LogP contribution in [0.4, 0.5) is 0 Å². The number of hydrogen-bond acceptors (Lipinski definition) is 5. The molecule has 0 amide bonds. The Kier molecular flexibility index (Phi) is 7.23. The van der Waals surface area contributed by atoms with Crippen LogP contribution >= 0.6 is 24.0 Å². The van der Waals surface area contributed by atoms with Crippen LogP contribution in [0, 0.1) is 0 Å². The third-order valence-corrected chi connectivity index (χ3v) is 4.78. The lowest BCUT2D eigenvalue weighted by Gasteiger charge is -2.36. The molecule has 2 aliphatic rings. The fourth-order valence-electron chi connectivity index (χ4n) is 3.18. The minimum absolute atomic E-state index is 0. The van der Waals surface area contributed by atoms with Crippen molar-refractivity contribution in [2.75, 3.05) is 33.9 Å². The van der Waals surface area contributed by atoms with E-state index < -0.39 is 0 Å².